The van der Waals surface area contributed by atoms with Crippen molar-refractivity contribution in [1.29, 1.82) is 0 Å². The van der Waals surface area contributed by atoms with Crippen LogP contribution in [-0.4, -0.2) is 41.8 Å². The van der Waals surface area contributed by atoms with Crippen molar-refractivity contribution in [2.45, 2.75) is 0 Å². The molecule has 0 radical (unpaired) electrons. The van der Waals surface area contributed by atoms with Crippen molar-refractivity contribution in [3.05, 3.63) is 37.1 Å². The maximum atomic E-state index is 5.83. The van der Waals surface area contributed by atoms with Crippen LogP contribution in [0.5, 0.6) is 0 Å². The molecule has 0 saturated carbocycles. The molecular formula is C14H16N4O2. The number of ether oxygens (including phenoxy) is 1. The Balaban J connectivity index is 2.01. The van der Waals surface area contributed by atoms with Gasteiger partial charge in [0.25, 0.3) is 0 Å². The van der Waals surface area contributed by atoms with Gasteiger partial charge in [-0.2, -0.15) is 0 Å². The van der Waals surface area contributed by atoms with Gasteiger partial charge in [-0.3, -0.25) is 4.57 Å². The van der Waals surface area contributed by atoms with E-state index in [2.05, 4.69) is 14.9 Å². The fourth-order valence-corrected chi connectivity index (χ4v) is 2.09. The second-order valence-corrected chi connectivity index (χ2v) is 4.52. The number of furan rings is 1. The van der Waals surface area contributed by atoms with Crippen LogP contribution in [0, 0.1) is 0 Å². The van der Waals surface area contributed by atoms with E-state index in [1.54, 1.807) is 25.8 Å². The molecule has 6 heteroatoms. The average Bonchev–Trinajstić information content (AvgIpc) is 3.11. The molecule has 3 aromatic rings. The van der Waals surface area contributed by atoms with E-state index in [0.29, 0.717) is 6.61 Å². The van der Waals surface area contributed by atoms with Gasteiger partial charge in [0.05, 0.1) is 12.0 Å². The molecule has 0 unspecified atom stereocenters. The second-order valence-electron chi connectivity index (χ2n) is 4.52. The largest absolute Gasteiger partial charge is 0.440 e. The Morgan fingerprint density at radius 2 is 2.30 bits per heavy atom. The molecule has 3 rings (SSSR count). The maximum Gasteiger partial charge on any atom is 0.206 e. The van der Waals surface area contributed by atoms with Crippen LogP contribution < -0.4 is 4.90 Å². The number of methoxy groups -OCH3 is 1. The Hall–Kier alpha value is -2.34. The topological polar surface area (TPSA) is 56.3 Å². The molecular weight excluding hydrogens is 256 g/mol. The number of nitrogens with zero attached hydrogens (tertiary/aromatic N) is 4. The molecule has 3 aromatic heterocycles. The van der Waals surface area contributed by atoms with Crippen LogP contribution in [0.3, 0.4) is 0 Å². The van der Waals surface area contributed by atoms with Crippen LogP contribution in [0.25, 0.3) is 16.9 Å². The van der Waals surface area contributed by atoms with E-state index in [-0.39, 0.29) is 0 Å². The first kappa shape index (κ1) is 12.7. The molecule has 0 aromatic carbocycles. The SMILES string of the molecule is COCCN(C)c1nccc2oc(-n3ccnc3)cc12. The normalized spacial score (nSPS) is 11.1. The lowest BCUT2D eigenvalue weighted by atomic mass is 10.3. The lowest BCUT2D eigenvalue weighted by Gasteiger charge is -2.17. The third kappa shape index (κ3) is 2.25. The summed E-state index contributed by atoms with van der Waals surface area (Å²) in [5.74, 6) is 1.61. The summed E-state index contributed by atoms with van der Waals surface area (Å²) >= 11 is 0. The quantitative estimate of drug-likeness (QED) is 0.712. The van der Waals surface area contributed by atoms with Crippen molar-refractivity contribution in [2.24, 2.45) is 0 Å². The van der Waals surface area contributed by atoms with Gasteiger partial charge in [-0.25, -0.2) is 9.97 Å². The van der Waals surface area contributed by atoms with Gasteiger partial charge in [0, 0.05) is 45.4 Å². The minimum atomic E-state index is 0.654. The van der Waals surface area contributed by atoms with Crippen LogP contribution in [0.4, 0.5) is 5.82 Å². The molecule has 6 nitrogen and oxygen atoms in total. The molecule has 0 aliphatic heterocycles. The molecule has 0 aliphatic rings. The van der Waals surface area contributed by atoms with Gasteiger partial charge in [0.1, 0.15) is 17.7 Å². The van der Waals surface area contributed by atoms with Crippen molar-refractivity contribution in [2.75, 3.05) is 32.2 Å². The van der Waals surface area contributed by atoms with E-state index < -0.39 is 0 Å². The molecule has 0 atom stereocenters. The van der Waals surface area contributed by atoms with Crippen LogP contribution in [0.1, 0.15) is 0 Å². The van der Waals surface area contributed by atoms with Crippen LogP contribution in [-0.2, 0) is 4.74 Å². The molecule has 0 fully saturated rings. The van der Waals surface area contributed by atoms with Gasteiger partial charge in [0.15, 0.2) is 0 Å². The molecule has 20 heavy (non-hydrogen) atoms. The minimum Gasteiger partial charge on any atom is -0.440 e. The fraction of sp³-hybridized carbons (Fsp3) is 0.286. The van der Waals surface area contributed by atoms with E-state index in [9.17, 15) is 0 Å². The summed E-state index contributed by atoms with van der Waals surface area (Å²) in [6, 6.07) is 3.84. The zero-order valence-electron chi connectivity index (χ0n) is 11.5. The number of rotatable bonds is 5. The monoisotopic (exact) mass is 272 g/mol. The highest BCUT2D eigenvalue weighted by Gasteiger charge is 2.13. The number of likely N-dealkylation sites (N-methyl/N-ethyl adjacent to an activating group) is 1. The number of hydrogen-bond acceptors (Lipinski definition) is 5. The predicted molar refractivity (Wildman–Crippen MR) is 76.3 cm³/mol. The van der Waals surface area contributed by atoms with Gasteiger partial charge < -0.3 is 14.1 Å². The zero-order chi connectivity index (χ0) is 13.9. The number of fused-ring (bicyclic) bond motifs is 1. The average molecular weight is 272 g/mol. The zero-order valence-corrected chi connectivity index (χ0v) is 11.5. The van der Waals surface area contributed by atoms with Crippen molar-refractivity contribution in [1.82, 2.24) is 14.5 Å². The second kappa shape index (κ2) is 5.34. The lowest BCUT2D eigenvalue weighted by Crippen LogP contribution is -2.23. The summed E-state index contributed by atoms with van der Waals surface area (Å²) in [5.41, 5.74) is 0.808. The standard InChI is InChI=1S/C14H16N4O2/c1-17(7-8-19-2)14-11-9-13(18-6-5-15-10-18)20-12(11)3-4-16-14/h3-6,9-10H,7-8H2,1-2H3. The molecule has 0 aliphatic carbocycles. The van der Waals surface area contributed by atoms with E-state index in [1.165, 1.54) is 0 Å². The first-order chi connectivity index (χ1) is 9.79. The van der Waals surface area contributed by atoms with Crippen LogP contribution in [0.2, 0.25) is 0 Å². The van der Waals surface area contributed by atoms with Gasteiger partial charge in [0.2, 0.25) is 5.88 Å². The number of aromatic nitrogens is 3. The summed E-state index contributed by atoms with van der Waals surface area (Å²) in [7, 11) is 3.68. The van der Waals surface area contributed by atoms with E-state index in [1.807, 2.05) is 29.9 Å². The highest BCUT2D eigenvalue weighted by atomic mass is 16.5. The molecule has 0 bridgehead atoms. The highest BCUT2D eigenvalue weighted by molar-refractivity contribution is 5.90. The molecule has 0 spiro atoms. The van der Waals surface area contributed by atoms with Gasteiger partial charge >= 0.3 is 0 Å². The van der Waals surface area contributed by atoms with Gasteiger partial charge in [-0.15, -0.1) is 0 Å². The summed E-state index contributed by atoms with van der Waals surface area (Å²) in [4.78, 5) is 10.5. The molecule has 3 heterocycles. The summed E-state index contributed by atoms with van der Waals surface area (Å²) in [6.45, 7) is 1.43. The Kier molecular flexibility index (Phi) is 3.39. The number of anilines is 1. The summed E-state index contributed by atoms with van der Waals surface area (Å²) in [5, 5.41) is 0.981. The molecule has 0 N–H and O–H groups in total. The summed E-state index contributed by atoms with van der Waals surface area (Å²) < 4.78 is 12.8. The molecule has 0 saturated heterocycles. The van der Waals surface area contributed by atoms with E-state index in [0.717, 1.165) is 29.2 Å². The third-order valence-corrected chi connectivity index (χ3v) is 3.16. The number of hydrogen-bond donors (Lipinski definition) is 0. The third-order valence-electron chi connectivity index (χ3n) is 3.16. The number of imidazole rings is 1. The van der Waals surface area contributed by atoms with E-state index in [4.69, 9.17) is 9.15 Å². The Morgan fingerprint density at radius 1 is 1.40 bits per heavy atom. The highest BCUT2D eigenvalue weighted by Crippen LogP contribution is 2.28. The van der Waals surface area contributed by atoms with E-state index >= 15 is 0 Å². The Labute approximate surface area is 116 Å². The maximum absolute atomic E-state index is 5.83. The van der Waals surface area contributed by atoms with Crippen LogP contribution >= 0.6 is 0 Å². The van der Waals surface area contributed by atoms with Gasteiger partial charge in [-0.1, -0.05) is 0 Å². The predicted octanol–water partition coefficient (Wildman–Crippen LogP) is 2.10. The fourth-order valence-electron chi connectivity index (χ4n) is 2.09. The first-order valence-corrected chi connectivity index (χ1v) is 6.36. The lowest BCUT2D eigenvalue weighted by molar-refractivity contribution is 0.206. The summed E-state index contributed by atoms with van der Waals surface area (Å²) in [6.07, 6.45) is 7.03. The number of pyridine rings is 1. The van der Waals surface area contributed by atoms with Gasteiger partial charge in [-0.05, 0) is 6.07 Å². The van der Waals surface area contributed by atoms with Crippen molar-refractivity contribution in [3.8, 4) is 5.88 Å². The smallest absolute Gasteiger partial charge is 0.206 e. The Bertz CT molecular complexity index is 690. The van der Waals surface area contributed by atoms with Crippen molar-refractivity contribution >= 4 is 16.8 Å². The van der Waals surface area contributed by atoms with Crippen molar-refractivity contribution < 1.29 is 9.15 Å². The Morgan fingerprint density at radius 3 is 3.05 bits per heavy atom. The van der Waals surface area contributed by atoms with Crippen molar-refractivity contribution in [3.63, 3.8) is 0 Å². The first-order valence-electron chi connectivity index (χ1n) is 6.36. The minimum absolute atomic E-state index is 0.654. The molecule has 104 valence electrons. The molecule has 0 amide bonds. The van der Waals surface area contributed by atoms with Crippen LogP contribution in [0.15, 0.2) is 41.5 Å².